The molecule has 0 aliphatic heterocycles. The number of nitrogen functional groups attached to an aromatic ring is 1. The van der Waals surface area contributed by atoms with Crippen LogP contribution in [0.1, 0.15) is 60.8 Å². The largest absolute Gasteiger partial charge is 0.496 e. The van der Waals surface area contributed by atoms with Gasteiger partial charge in [-0.15, -0.1) is 10.2 Å². The second kappa shape index (κ2) is 15.0. The van der Waals surface area contributed by atoms with Gasteiger partial charge >= 0.3 is 0 Å². The van der Waals surface area contributed by atoms with E-state index >= 15 is 0 Å². The van der Waals surface area contributed by atoms with Gasteiger partial charge in [-0.3, -0.25) is 4.79 Å². The molecule has 0 amide bonds. The molecule has 0 bridgehead atoms. The van der Waals surface area contributed by atoms with E-state index in [4.69, 9.17) is 15.2 Å². The summed E-state index contributed by atoms with van der Waals surface area (Å²) < 4.78 is 10.7. The Hall–Kier alpha value is -3.41. The number of benzene rings is 1. The zero-order valence-electron chi connectivity index (χ0n) is 21.7. The maximum atomic E-state index is 10.8. The van der Waals surface area contributed by atoms with Crippen LogP contribution in [0, 0.1) is 0 Å². The first-order chi connectivity index (χ1) is 18.1. The maximum Gasteiger partial charge on any atom is 0.293 e. The van der Waals surface area contributed by atoms with Crippen molar-refractivity contribution in [2.24, 2.45) is 0 Å². The van der Waals surface area contributed by atoms with E-state index in [1.165, 1.54) is 0 Å². The van der Waals surface area contributed by atoms with Gasteiger partial charge in [-0.25, -0.2) is 4.98 Å². The average Bonchev–Trinajstić information content (AvgIpc) is 3.40. The molecule has 0 radical (unpaired) electrons. The third kappa shape index (κ3) is 8.59. The standard InChI is InChI=1S/C25H36N8O3S/c1-4-5-6-19(10-12-37-3)27-24-20(21(9-11-36-16-34)28-25(26)29-24)15-18-13-17(7-8-22(18)35-2)14-23-30-32-33-31-23/h7-8,13,16,19H,4-6,9-12,14-15H2,1-3H3,(H3,26,27,28,29)(H,30,31,32,33)/t19-/m0/s1. The fraction of sp³-hybridized carbons (Fsp3) is 0.520. The molecule has 0 spiro atoms. The number of nitrogens with two attached hydrogens (primary N) is 1. The number of aromatic nitrogens is 6. The van der Waals surface area contributed by atoms with Crippen molar-refractivity contribution in [1.82, 2.24) is 30.6 Å². The molecular formula is C25H36N8O3S. The zero-order chi connectivity index (χ0) is 26.5. The predicted octanol–water partition coefficient (Wildman–Crippen LogP) is 3.20. The number of aromatic amines is 1. The number of nitrogens with one attached hydrogen (secondary N) is 2. The highest BCUT2D eigenvalue weighted by Gasteiger charge is 2.20. The van der Waals surface area contributed by atoms with Crippen LogP contribution in [-0.4, -0.2) is 68.8 Å². The quantitative estimate of drug-likeness (QED) is 0.175. The SMILES string of the molecule is CCCC[C@@H](CCSC)Nc1nc(N)nc(CCOC=O)c1Cc1cc(Cc2nn[nH]n2)ccc1OC. The predicted molar refractivity (Wildman–Crippen MR) is 145 cm³/mol. The third-order valence-electron chi connectivity index (χ3n) is 6.02. The number of nitrogens with zero attached hydrogens (tertiary/aromatic N) is 5. The smallest absolute Gasteiger partial charge is 0.293 e. The number of rotatable bonds is 17. The van der Waals surface area contributed by atoms with E-state index in [0.29, 0.717) is 37.4 Å². The first kappa shape index (κ1) is 28.2. The molecule has 200 valence electrons. The van der Waals surface area contributed by atoms with Crippen molar-refractivity contribution < 1.29 is 14.3 Å². The lowest BCUT2D eigenvalue weighted by atomic mass is 9.98. The Morgan fingerprint density at radius 1 is 1.24 bits per heavy atom. The first-order valence-electron chi connectivity index (χ1n) is 12.4. The Bertz CT molecular complexity index is 1110. The molecule has 12 heteroatoms. The first-order valence-corrected chi connectivity index (χ1v) is 13.8. The summed E-state index contributed by atoms with van der Waals surface area (Å²) >= 11 is 1.83. The Balaban J connectivity index is 1.99. The highest BCUT2D eigenvalue weighted by molar-refractivity contribution is 7.98. The third-order valence-corrected chi connectivity index (χ3v) is 6.66. The molecular weight excluding hydrogens is 492 g/mol. The zero-order valence-corrected chi connectivity index (χ0v) is 22.5. The van der Waals surface area contributed by atoms with Gasteiger partial charge in [-0.05, 0) is 42.0 Å². The van der Waals surface area contributed by atoms with Crippen molar-refractivity contribution in [3.05, 3.63) is 46.4 Å². The molecule has 1 atom stereocenters. The summed E-state index contributed by atoms with van der Waals surface area (Å²) in [6.45, 7) is 2.84. The molecule has 0 saturated heterocycles. The van der Waals surface area contributed by atoms with Gasteiger partial charge in [0, 0.05) is 30.9 Å². The molecule has 3 aromatic rings. The van der Waals surface area contributed by atoms with Gasteiger partial charge in [0.1, 0.15) is 11.6 Å². The van der Waals surface area contributed by atoms with Crippen molar-refractivity contribution in [1.29, 1.82) is 0 Å². The van der Waals surface area contributed by atoms with Crippen molar-refractivity contribution in [3.63, 3.8) is 0 Å². The van der Waals surface area contributed by atoms with Gasteiger partial charge in [0.2, 0.25) is 5.95 Å². The lowest BCUT2D eigenvalue weighted by Crippen LogP contribution is -2.23. The number of hydrogen-bond acceptors (Lipinski definition) is 11. The molecule has 2 heterocycles. The molecule has 0 saturated carbocycles. The Kier molecular flexibility index (Phi) is 11.4. The number of methoxy groups -OCH3 is 1. The summed E-state index contributed by atoms with van der Waals surface area (Å²) in [5.41, 5.74) is 9.77. The van der Waals surface area contributed by atoms with Crippen LogP contribution in [0.15, 0.2) is 18.2 Å². The van der Waals surface area contributed by atoms with E-state index in [9.17, 15) is 4.79 Å². The number of thioether (sulfide) groups is 1. The Morgan fingerprint density at radius 3 is 2.81 bits per heavy atom. The molecule has 2 aromatic heterocycles. The van der Waals surface area contributed by atoms with Crippen LogP contribution in [-0.2, 0) is 28.8 Å². The number of ether oxygens (including phenoxy) is 2. The van der Waals surface area contributed by atoms with Crippen molar-refractivity contribution in [2.45, 2.75) is 57.9 Å². The minimum atomic E-state index is 0.185. The van der Waals surface area contributed by atoms with Crippen LogP contribution in [0.4, 0.5) is 11.8 Å². The van der Waals surface area contributed by atoms with E-state index in [-0.39, 0.29) is 18.6 Å². The summed E-state index contributed by atoms with van der Waals surface area (Å²) in [6, 6.07) is 6.25. The van der Waals surface area contributed by atoms with Crippen LogP contribution >= 0.6 is 11.8 Å². The number of hydrogen-bond donors (Lipinski definition) is 3. The van der Waals surface area contributed by atoms with Crippen LogP contribution in [0.2, 0.25) is 0 Å². The lowest BCUT2D eigenvalue weighted by molar-refractivity contribution is -0.128. The molecule has 3 rings (SSSR count). The second-order valence-electron chi connectivity index (χ2n) is 8.67. The van der Waals surface area contributed by atoms with Crippen molar-refractivity contribution in [2.75, 3.05) is 36.8 Å². The number of unbranched alkanes of at least 4 members (excludes halogenated alkanes) is 1. The monoisotopic (exact) mass is 528 g/mol. The number of H-pyrrole nitrogens is 1. The van der Waals surface area contributed by atoms with Crippen molar-refractivity contribution >= 4 is 30.0 Å². The van der Waals surface area contributed by atoms with Crippen LogP contribution in [0.25, 0.3) is 0 Å². The highest BCUT2D eigenvalue weighted by Crippen LogP contribution is 2.29. The summed E-state index contributed by atoms with van der Waals surface area (Å²) in [6.07, 6.45) is 7.86. The number of tetrazole rings is 1. The number of carbonyl (C=O) groups excluding carboxylic acids is 1. The van der Waals surface area contributed by atoms with Gasteiger partial charge in [-0.1, -0.05) is 37.1 Å². The van der Waals surface area contributed by atoms with E-state index in [0.717, 1.165) is 59.6 Å². The fourth-order valence-electron chi connectivity index (χ4n) is 4.17. The van der Waals surface area contributed by atoms with Gasteiger partial charge < -0.3 is 20.5 Å². The molecule has 37 heavy (non-hydrogen) atoms. The second-order valence-corrected chi connectivity index (χ2v) is 9.65. The molecule has 1 aromatic carbocycles. The summed E-state index contributed by atoms with van der Waals surface area (Å²) in [5.74, 6) is 3.29. The molecule has 4 N–H and O–H groups in total. The Morgan fingerprint density at radius 2 is 2.11 bits per heavy atom. The minimum absolute atomic E-state index is 0.185. The van der Waals surface area contributed by atoms with Gasteiger partial charge in [0.15, 0.2) is 5.82 Å². The molecule has 11 nitrogen and oxygen atoms in total. The van der Waals surface area contributed by atoms with Gasteiger partial charge in [0.25, 0.3) is 6.47 Å². The minimum Gasteiger partial charge on any atom is -0.496 e. The fourth-order valence-corrected chi connectivity index (χ4v) is 4.69. The highest BCUT2D eigenvalue weighted by atomic mass is 32.2. The normalized spacial score (nSPS) is 11.8. The van der Waals surface area contributed by atoms with Crippen molar-refractivity contribution in [3.8, 4) is 5.75 Å². The maximum absolute atomic E-state index is 10.8. The molecule has 0 aliphatic carbocycles. The summed E-state index contributed by atoms with van der Waals surface area (Å²) in [5, 5.41) is 17.9. The number of anilines is 2. The summed E-state index contributed by atoms with van der Waals surface area (Å²) in [7, 11) is 1.65. The van der Waals surface area contributed by atoms with E-state index < -0.39 is 0 Å². The van der Waals surface area contributed by atoms with Crippen LogP contribution < -0.4 is 15.8 Å². The Labute approximate surface area is 221 Å². The van der Waals surface area contributed by atoms with Gasteiger partial charge in [-0.2, -0.15) is 22.0 Å². The van der Waals surface area contributed by atoms with Gasteiger partial charge in [0.05, 0.1) is 19.4 Å². The van der Waals surface area contributed by atoms with Crippen LogP contribution in [0.5, 0.6) is 5.75 Å². The van der Waals surface area contributed by atoms with E-state index in [1.54, 1.807) is 7.11 Å². The van der Waals surface area contributed by atoms with E-state index in [2.05, 4.69) is 55.2 Å². The average molecular weight is 529 g/mol. The molecule has 0 aliphatic rings. The molecule has 0 unspecified atom stereocenters. The number of carbonyl (C=O) groups is 1. The summed E-state index contributed by atoms with van der Waals surface area (Å²) in [4.78, 5) is 19.9. The topological polar surface area (TPSA) is 154 Å². The lowest BCUT2D eigenvalue weighted by Gasteiger charge is -2.23. The van der Waals surface area contributed by atoms with Crippen LogP contribution in [0.3, 0.4) is 0 Å². The molecule has 0 fully saturated rings. The van der Waals surface area contributed by atoms with E-state index in [1.807, 2.05) is 23.9 Å².